The van der Waals surface area contributed by atoms with Crippen LogP contribution in [0, 0.1) is 0 Å². The maximum Gasteiger partial charge on any atom is 0.306 e. The van der Waals surface area contributed by atoms with Crippen LogP contribution in [0.4, 0.5) is 0 Å². The molecule has 0 N–H and O–H groups in total. The van der Waals surface area contributed by atoms with E-state index in [-0.39, 0.29) is 32.0 Å². The molecule has 9 nitrogen and oxygen atoms in total. The van der Waals surface area contributed by atoms with Gasteiger partial charge in [-0.2, -0.15) is 0 Å². The molecule has 10 heteroatoms. The molecule has 0 aromatic rings. The van der Waals surface area contributed by atoms with Crippen LogP contribution in [0.2, 0.25) is 0 Å². The number of phosphoric ester groups is 1. The molecule has 97 heavy (non-hydrogen) atoms. The summed E-state index contributed by atoms with van der Waals surface area (Å²) in [6.07, 6.45) is 107. The van der Waals surface area contributed by atoms with Gasteiger partial charge in [-0.15, -0.1) is 0 Å². The summed E-state index contributed by atoms with van der Waals surface area (Å²) in [6.45, 7) is 4.18. The number of allylic oxidation sites excluding steroid dienone is 14. The molecule has 0 spiro atoms. The van der Waals surface area contributed by atoms with Crippen LogP contribution in [-0.2, 0) is 32.7 Å². The second-order valence-electron chi connectivity index (χ2n) is 29.5. The van der Waals surface area contributed by atoms with Crippen LogP contribution in [0.1, 0.15) is 406 Å². The summed E-state index contributed by atoms with van der Waals surface area (Å²) < 4.78 is 34.4. The van der Waals surface area contributed by atoms with Gasteiger partial charge in [0.2, 0.25) is 0 Å². The van der Waals surface area contributed by atoms with Crippen molar-refractivity contribution in [2.24, 2.45) is 0 Å². The van der Waals surface area contributed by atoms with Crippen molar-refractivity contribution in [2.45, 2.75) is 412 Å². The molecule has 0 aromatic carbocycles. The molecule has 2 atom stereocenters. The zero-order valence-electron chi connectivity index (χ0n) is 64.8. The summed E-state index contributed by atoms with van der Waals surface area (Å²) in [5, 5.41) is 0. The number of carbonyl (C=O) groups is 2. The Morgan fingerprint density at radius 2 is 0.588 bits per heavy atom. The first-order valence-corrected chi connectivity index (χ1v) is 43.3. The maximum absolute atomic E-state index is 12.9. The van der Waals surface area contributed by atoms with Crippen LogP contribution in [-0.4, -0.2) is 70.0 Å². The minimum atomic E-state index is -4.65. The third-order valence-corrected chi connectivity index (χ3v) is 19.6. The summed E-state index contributed by atoms with van der Waals surface area (Å²) in [7, 11) is 1.17. The summed E-state index contributed by atoms with van der Waals surface area (Å²) >= 11 is 0. The molecule has 0 bridgehead atoms. The van der Waals surface area contributed by atoms with E-state index in [9.17, 15) is 19.0 Å². The molecule has 0 amide bonds. The largest absolute Gasteiger partial charge is 0.756 e. The number of nitrogens with zero attached hydrogens (tertiary/aromatic N) is 1. The smallest absolute Gasteiger partial charge is 0.306 e. The fourth-order valence-electron chi connectivity index (χ4n) is 12.4. The lowest BCUT2D eigenvalue weighted by molar-refractivity contribution is -0.870. The predicted molar refractivity (Wildman–Crippen MR) is 420 cm³/mol. The highest BCUT2D eigenvalue weighted by atomic mass is 31.2. The Bertz CT molecular complexity index is 1910. The Kier molecular flexibility index (Phi) is 75.1. The number of likely N-dealkylation sites (N-methyl/N-ethyl adjacent to an activating group) is 1. The fraction of sp³-hybridized carbons (Fsp3) is 0.816. The molecule has 0 radical (unpaired) electrons. The van der Waals surface area contributed by atoms with E-state index in [0.29, 0.717) is 17.4 Å². The van der Waals surface area contributed by atoms with Gasteiger partial charge in [-0.3, -0.25) is 14.2 Å². The summed E-state index contributed by atoms with van der Waals surface area (Å²) in [4.78, 5) is 38.2. The van der Waals surface area contributed by atoms with Crippen molar-refractivity contribution in [3.8, 4) is 0 Å². The van der Waals surface area contributed by atoms with Crippen LogP contribution in [0.3, 0.4) is 0 Å². The van der Waals surface area contributed by atoms with E-state index >= 15 is 0 Å². The van der Waals surface area contributed by atoms with Gasteiger partial charge < -0.3 is 27.9 Å². The second-order valence-corrected chi connectivity index (χ2v) is 30.9. The lowest BCUT2D eigenvalue weighted by atomic mass is 10.0. The van der Waals surface area contributed by atoms with Crippen molar-refractivity contribution in [3.05, 3.63) is 85.1 Å². The molecule has 0 aliphatic carbocycles. The van der Waals surface area contributed by atoms with Gasteiger partial charge in [-0.25, -0.2) is 0 Å². The van der Waals surface area contributed by atoms with Crippen LogP contribution in [0.15, 0.2) is 85.1 Å². The molecule has 0 saturated heterocycles. The highest BCUT2D eigenvalue weighted by Gasteiger charge is 2.22. The summed E-state index contributed by atoms with van der Waals surface area (Å²) in [5.41, 5.74) is 0. The number of rotatable bonds is 78. The van der Waals surface area contributed by atoms with Gasteiger partial charge in [0.25, 0.3) is 7.82 Å². The molecule has 0 aliphatic rings. The lowest BCUT2D eigenvalue weighted by Crippen LogP contribution is -2.37. The highest BCUT2D eigenvalue weighted by molar-refractivity contribution is 7.45. The Morgan fingerprint density at radius 1 is 0.330 bits per heavy atom. The minimum absolute atomic E-state index is 0.0325. The van der Waals surface area contributed by atoms with E-state index in [2.05, 4.69) is 98.9 Å². The lowest BCUT2D eigenvalue weighted by Gasteiger charge is -2.28. The highest BCUT2D eigenvalue weighted by Crippen LogP contribution is 2.38. The average molecular weight is 1380 g/mol. The molecular weight excluding hydrogens is 1220 g/mol. The third kappa shape index (κ3) is 82.0. The number of carbonyl (C=O) groups excluding carboxylic acids is 2. The number of phosphoric acid groups is 1. The molecule has 0 fully saturated rings. The number of esters is 2. The quantitative estimate of drug-likeness (QED) is 0.0195. The second kappa shape index (κ2) is 77.4. The van der Waals surface area contributed by atoms with Gasteiger partial charge in [-0.05, 0) is 70.6 Å². The van der Waals surface area contributed by atoms with Crippen molar-refractivity contribution in [3.63, 3.8) is 0 Å². The van der Waals surface area contributed by atoms with E-state index in [0.717, 1.165) is 89.9 Å². The maximum atomic E-state index is 12.9. The normalized spacial score (nSPS) is 13.4. The average Bonchev–Trinajstić information content (AvgIpc) is 1.58. The van der Waals surface area contributed by atoms with Crippen LogP contribution >= 0.6 is 7.82 Å². The van der Waals surface area contributed by atoms with Gasteiger partial charge in [0.15, 0.2) is 6.10 Å². The topological polar surface area (TPSA) is 111 Å². The first-order chi connectivity index (χ1) is 47.5. The Hall–Kier alpha value is -2.81. The zero-order chi connectivity index (χ0) is 70.4. The molecule has 0 aromatic heterocycles. The standard InChI is InChI=1S/C87H160NO8P/c1-6-8-10-12-14-16-18-20-22-24-26-28-30-32-34-36-38-40-41-42-43-44-45-46-48-49-51-53-55-57-59-61-63-65-67-69-71-73-75-77-79-86(89)93-83-85(84-95-97(91,92)94-82-81-88(3,4)5)96-87(90)80-78-76-74-72-70-68-66-64-62-60-58-56-54-52-50-47-39-37-35-33-31-29-27-25-23-21-19-17-15-13-11-9-7-2/h9,11,15,17,21,23,27,29,33,35,39,47,52,54,85H,6-8,10,12-14,16,18-20,22,24-26,28,30-32,34,36-38,40-46,48-51,53,55-84H2,1-5H3/b11-9-,17-15-,23-21-,29-27-,35-33-,47-39-,54-52-. The van der Waals surface area contributed by atoms with Crippen molar-refractivity contribution < 1.29 is 42.1 Å². The number of unbranched alkanes of at least 4 members (excludes halogenated alkanes) is 50. The van der Waals surface area contributed by atoms with Gasteiger partial charge in [0.05, 0.1) is 27.7 Å². The van der Waals surface area contributed by atoms with E-state index in [1.807, 2.05) is 21.1 Å². The summed E-state index contributed by atoms with van der Waals surface area (Å²) in [6, 6.07) is 0. The molecular formula is C87H160NO8P. The Morgan fingerprint density at radius 3 is 0.876 bits per heavy atom. The van der Waals surface area contributed by atoms with Crippen molar-refractivity contribution in [2.75, 3.05) is 47.5 Å². The zero-order valence-corrected chi connectivity index (χ0v) is 65.7. The number of ether oxygens (including phenoxy) is 2. The number of hydrogen-bond donors (Lipinski definition) is 0. The van der Waals surface area contributed by atoms with Crippen molar-refractivity contribution in [1.29, 1.82) is 0 Å². The van der Waals surface area contributed by atoms with Gasteiger partial charge in [0, 0.05) is 12.8 Å². The molecule has 0 saturated carbocycles. The Balaban J connectivity index is 3.91. The number of hydrogen-bond acceptors (Lipinski definition) is 8. The van der Waals surface area contributed by atoms with Gasteiger partial charge >= 0.3 is 11.9 Å². The fourth-order valence-corrected chi connectivity index (χ4v) is 13.1. The van der Waals surface area contributed by atoms with Gasteiger partial charge in [-0.1, -0.05) is 407 Å². The van der Waals surface area contributed by atoms with E-state index in [1.54, 1.807) is 0 Å². The minimum Gasteiger partial charge on any atom is -0.756 e. The SMILES string of the molecule is CC/C=C\C/C=C\C/C=C\C/C=C\C/C=C\C/C=C\C/C=C\CCCCCCCCCCCCCC(=O)OC(COC(=O)CCCCCCCCCCCCCCCCCCCCCCCCCCCCCCCCCCCCCCCCCC)COP(=O)([O-])OCC[N+](C)(C)C. The predicted octanol–water partition coefficient (Wildman–Crippen LogP) is 27.4. The molecule has 0 aliphatic heterocycles. The van der Waals surface area contributed by atoms with Gasteiger partial charge in [0.1, 0.15) is 19.8 Å². The monoisotopic (exact) mass is 1380 g/mol. The van der Waals surface area contributed by atoms with Crippen molar-refractivity contribution >= 4 is 19.8 Å². The van der Waals surface area contributed by atoms with Crippen molar-refractivity contribution in [1.82, 2.24) is 0 Å². The van der Waals surface area contributed by atoms with Crippen LogP contribution in [0.5, 0.6) is 0 Å². The van der Waals surface area contributed by atoms with Crippen LogP contribution in [0.25, 0.3) is 0 Å². The number of quaternary nitrogens is 1. The first kappa shape index (κ1) is 94.2. The molecule has 566 valence electrons. The molecule has 0 heterocycles. The third-order valence-electron chi connectivity index (χ3n) is 18.7. The first-order valence-electron chi connectivity index (χ1n) is 41.8. The van der Waals surface area contributed by atoms with E-state index < -0.39 is 26.5 Å². The van der Waals surface area contributed by atoms with E-state index in [1.165, 1.54) is 283 Å². The van der Waals surface area contributed by atoms with E-state index in [4.69, 9.17) is 18.5 Å². The van der Waals surface area contributed by atoms with Crippen LogP contribution < -0.4 is 4.89 Å². The molecule has 0 rings (SSSR count). The summed E-state index contributed by atoms with van der Waals surface area (Å²) in [5.74, 6) is -0.822. The molecule has 2 unspecified atom stereocenters. The Labute approximate surface area is 602 Å².